The number of hydrogen-bond acceptors (Lipinski definition) is 3. The fraction of sp³-hybridized carbons (Fsp3) is 0.500. The number of sulfonamides is 1. The van der Waals surface area contributed by atoms with Gasteiger partial charge in [0, 0.05) is 0 Å². The van der Waals surface area contributed by atoms with Crippen LogP contribution in [0, 0.1) is 17.0 Å². The molecule has 0 amide bonds. The highest BCUT2D eigenvalue weighted by Gasteiger charge is 2.21. The van der Waals surface area contributed by atoms with E-state index in [1.165, 1.54) is 0 Å². The third-order valence-electron chi connectivity index (χ3n) is 2.43. The maximum absolute atomic E-state index is 13.6. The second-order valence-electron chi connectivity index (χ2n) is 5.39. The minimum absolute atomic E-state index is 0.00441. The molecule has 0 atom stereocenters. The highest BCUT2D eigenvalue weighted by molar-refractivity contribution is 7.89. The zero-order valence-corrected chi connectivity index (χ0v) is 11.9. The average molecular weight is 293 g/mol. The van der Waals surface area contributed by atoms with Crippen molar-refractivity contribution in [3.63, 3.8) is 0 Å². The standard InChI is InChI=1S/C12H17F2NO3S/c1-12(2,3)6-7-18-8-4-5-9(19(15,16)17)11(14)10(8)13/h4-5H,6-7H2,1-3H3,(H2,15,16,17). The third-order valence-corrected chi connectivity index (χ3v) is 3.36. The number of rotatable bonds is 4. The van der Waals surface area contributed by atoms with E-state index in [4.69, 9.17) is 9.88 Å². The Labute approximate surface area is 111 Å². The highest BCUT2D eigenvalue weighted by Crippen LogP contribution is 2.26. The smallest absolute Gasteiger partial charge is 0.241 e. The van der Waals surface area contributed by atoms with Crippen LogP contribution in [0.5, 0.6) is 5.75 Å². The summed E-state index contributed by atoms with van der Waals surface area (Å²) in [4.78, 5) is -0.881. The van der Waals surface area contributed by atoms with Gasteiger partial charge in [-0.2, -0.15) is 4.39 Å². The molecule has 0 unspecified atom stereocenters. The van der Waals surface area contributed by atoms with E-state index in [1.54, 1.807) is 0 Å². The molecule has 0 aromatic heterocycles. The molecule has 1 aromatic rings. The summed E-state index contributed by atoms with van der Waals surface area (Å²) in [6, 6.07) is 1.95. The van der Waals surface area contributed by atoms with E-state index in [-0.39, 0.29) is 17.8 Å². The van der Waals surface area contributed by atoms with E-state index < -0.39 is 26.6 Å². The van der Waals surface area contributed by atoms with E-state index >= 15 is 0 Å². The SMILES string of the molecule is CC(C)(C)CCOc1ccc(S(N)(=O)=O)c(F)c1F. The van der Waals surface area contributed by atoms with Crippen molar-refractivity contribution in [2.45, 2.75) is 32.1 Å². The Morgan fingerprint density at radius 2 is 1.79 bits per heavy atom. The molecule has 4 nitrogen and oxygen atoms in total. The van der Waals surface area contributed by atoms with Gasteiger partial charge in [-0.25, -0.2) is 17.9 Å². The van der Waals surface area contributed by atoms with Crippen molar-refractivity contribution in [1.29, 1.82) is 0 Å². The lowest BCUT2D eigenvalue weighted by atomic mass is 9.93. The summed E-state index contributed by atoms with van der Waals surface area (Å²) in [5.74, 6) is -3.19. The molecule has 7 heteroatoms. The third kappa shape index (κ3) is 4.43. The summed E-state index contributed by atoms with van der Waals surface area (Å²) in [7, 11) is -4.29. The lowest BCUT2D eigenvalue weighted by Gasteiger charge is -2.18. The number of ether oxygens (including phenoxy) is 1. The molecule has 0 saturated carbocycles. The van der Waals surface area contributed by atoms with E-state index in [0.29, 0.717) is 6.42 Å². The van der Waals surface area contributed by atoms with Crippen LogP contribution in [0.2, 0.25) is 0 Å². The number of benzene rings is 1. The number of hydrogen-bond donors (Lipinski definition) is 1. The topological polar surface area (TPSA) is 69.4 Å². The Balaban J connectivity index is 2.92. The summed E-state index contributed by atoms with van der Waals surface area (Å²) in [5, 5.41) is 4.76. The van der Waals surface area contributed by atoms with Crippen molar-refractivity contribution < 1.29 is 21.9 Å². The van der Waals surface area contributed by atoms with Crippen LogP contribution in [-0.4, -0.2) is 15.0 Å². The lowest BCUT2D eigenvalue weighted by molar-refractivity contribution is 0.232. The van der Waals surface area contributed by atoms with Crippen LogP contribution in [-0.2, 0) is 10.0 Å². The van der Waals surface area contributed by atoms with Gasteiger partial charge in [0.15, 0.2) is 11.6 Å². The molecule has 0 radical (unpaired) electrons. The molecule has 1 rings (SSSR count). The van der Waals surface area contributed by atoms with Crippen LogP contribution >= 0.6 is 0 Å². The fourth-order valence-corrected chi connectivity index (χ4v) is 1.91. The predicted octanol–water partition coefficient (Wildman–Crippen LogP) is 2.43. The first-order chi connectivity index (χ1) is 8.52. The normalized spacial score (nSPS) is 12.5. The van der Waals surface area contributed by atoms with Crippen molar-refractivity contribution in [3.05, 3.63) is 23.8 Å². The molecule has 108 valence electrons. The molecular formula is C12H17F2NO3S. The highest BCUT2D eigenvalue weighted by atomic mass is 32.2. The van der Waals surface area contributed by atoms with E-state index in [1.807, 2.05) is 20.8 Å². The average Bonchev–Trinajstić information content (AvgIpc) is 2.20. The van der Waals surface area contributed by atoms with Gasteiger partial charge in [0.1, 0.15) is 4.90 Å². The molecule has 0 heterocycles. The zero-order valence-electron chi connectivity index (χ0n) is 11.0. The largest absolute Gasteiger partial charge is 0.490 e. The Morgan fingerprint density at radius 3 is 2.26 bits per heavy atom. The van der Waals surface area contributed by atoms with E-state index in [2.05, 4.69) is 0 Å². The summed E-state index contributed by atoms with van der Waals surface area (Å²) in [5.41, 5.74) is -0.00441. The molecule has 2 N–H and O–H groups in total. The van der Waals surface area contributed by atoms with E-state index in [9.17, 15) is 17.2 Å². The van der Waals surface area contributed by atoms with Gasteiger partial charge in [-0.05, 0) is 24.0 Å². The summed E-state index contributed by atoms with van der Waals surface area (Å²) < 4.78 is 54.2. The van der Waals surface area contributed by atoms with Gasteiger partial charge in [-0.3, -0.25) is 0 Å². The first kappa shape index (κ1) is 15.8. The van der Waals surface area contributed by atoms with Crippen molar-refractivity contribution in [1.82, 2.24) is 0 Å². The Hall–Kier alpha value is -1.21. The van der Waals surface area contributed by atoms with Gasteiger partial charge in [-0.15, -0.1) is 0 Å². The maximum atomic E-state index is 13.6. The minimum Gasteiger partial charge on any atom is -0.490 e. The first-order valence-corrected chi connectivity index (χ1v) is 7.20. The Kier molecular flexibility index (Phi) is 4.52. The predicted molar refractivity (Wildman–Crippen MR) is 67.3 cm³/mol. The fourth-order valence-electron chi connectivity index (χ4n) is 1.31. The van der Waals surface area contributed by atoms with Crippen molar-refractivity contribution >= 4 is 10.0 Å². The molecule has 1 aromatic carbocycles. The molecule has 0 bridgehead atoms. The maximum Gasteiger partial charge on any atom is 0.241 e. The lowest BCUT2D eigenvalue weighted by Crippen LogP contribution is -2.16. The zero-order chi connectivity index (χ0) is 14.8. The monoisotopic (exact) mass is 293 g/mol. The van der Waals surface area contributed by atoms with Crippen molar-refractivity contribution in [2.24, 2.45) is 10.6 Å². The van der Waals surface area contributed by atoms with Crippen molar-refractivity contribution in [3.8, 4) is 5.75 Å². The van der Waals surface area contributed by atoms with Crippen molar-refractivity contribution in [2.75, 3.05) is 6.61 Å². The summed E-state index contributed by atoms with van der Waals surface area (Å²) in [6.45, 7) is 6.15. The second-order valence-corrected chi connectivity index (χ2v) is 6.92. The molecule has 0 spiro atoms. The quantitative estimate of drug-likeness (QED) is 0.927. The van der Waals surface area contributed by atoms with Crippen LogP contribution in [0.1, 0.15) is 27.2 Å². The number of halogens is 2. The van der Waals surface area contributed by atoms with Gasteiger partial charge < -0.3 is 4.74 Å². The Bertz CT molecular complexity index is 565. The van der Waals surface area contributed by atoms with Crippen LogP contribution in [0.15, 0.2) is 17.0 Å². The van der Waals surface area contributed by atoms with Gasteiger partial charge >= 0.3 is 0 Å². The molecule has 19 heavy (non-hydrogen) atoms. The number of nitrogens with two attached hydrogens (primary N) is 1. The molecule has 0 aliphatic carbocycles. The van der Waals surface area contributed by atoms with E-state index in [0.717, 1.165) is 12.1 Å². The molecule has 0 aliphatic rings. The van der Waals surface area contributed by atoms with Crippen LogP contribution in [0.4, 0.5) is 8.78 Å². The Morgan fingerprint density at radius 1 is 1.21 bits per heavy atom. The molecule has 0 aliphatic heterocycles. The number of primary sulfonamides is 1. The van der Waals surface area contributed by atoms with Gasteiger partial charge in [-0.1, -0.05) is 20.8 Å². The first-order valence-electron chi connectivity index (χ1n) is 5.66. The van der Waals surface area contributed by atoms with Crippen LogP contribution < -0.4 is 9.88 Å². The summed E-state index contributed by atoms with van der Waals surface area (Å²) in [6.07, 6.45) is 0.644. The van der Waals surface area contributed by atoms with Gasteiger partial charge in [0.2, 0.25) is 15.8 Å². The molecular weight excluding hydrogens is 276 g/mol. The minimum atomic E-state index is -4.29. The van der Waals surface area contributed by atoms with Crippen LogP contribution in [0.3, 0.4) is 0 Å². The second kappa shape index (κ2) is 5.42. The molecule has 0 fully saturated rings. The van der Waals surface area contributed by atoms with Crippen LogP contribution in [0.25, 0.3) is 0 Å². The van der Waals surface area contributed by atoms with Gasteiger partial charge in [0.25, 0.3) is 0 Å². The molecule has 0 saturated heterocycles. The summed E-state index contributed by atoms with van der Waals surface area (Å²) >= 11 is 0. The van der Waals surface area contributed by atoms with Gasteiger partial charge in [0.05, 0.1) is 6.61 Å².